The van der Waals surface area contributed by atoms with Crippen LogP contribution in [0, 0.1) is 6.92 Å². The molecule has 0 aromatic carbocycles. The van der Waals surface area contributed by atoms with Crippen LogP contribution in [0.2, 0.25) is 0 Å². The number of rotatable bonds is 4. The van der Waals surface area contributed by atoms with Gasteiger partial charge in [-0.25, -0.2) is 0 Å². The second-order valence-electron chi connectivity index (χ2n) is 3.89. The fourth-order valence-corrected chi connectivity index (χ4v) is 2.29. The van der Waals surface area contributed by atoms with Crippen LogP contribution in [0.5, 0.6) is 0 Å². The van der Waals surface area contributed by atoms with Crippen LogP contribution in [0.15, 0.2) is 11.4 Å². The Bertz CT molecular complexity index is 333. The van der Waals surface area contributed by atoms with Gasteiger partial charge in [-0.2, -0.15) is 0 Å². The molecule has 0 aliphatic rings. The molecular weight excluding hydrogens is 210 g/mol. The average Bonchev–Trinajstić information content (AvgIpc) is 2.49. The summed E-state index contributed by atoms with van der Waals surface area (Å²) in [7, 11) is 0. The lowest BCUT2D eigenvalue weighted by molar-refractivity contribution is 0.0926. The monoisotopic (exact) mass is 227 g/mol. The van der Waals surface area contributed by atoms with Crippen LogP contribution in [0.3, 0.4) is 0 Å². The van der Waals surface area contributed by atoms with Gasteiger partial charge in [0.15, 0.2) is 0 Å². The number of nitrogens with one attached hydrogen (secondary N) is 1. The smallest absolute Gasteiger partial charge is 0.261 e. The molecule has 0 saturated heterocycles. The zero-order valence-corrected chi connectivity index (χ0v) is 10.1. The number of aliphatic hydroxyl groups is 1. The van der Waals surface area contributed by atoms with Crippen LogP contribution in [-0.4, -0.2) is 23.2 Å². The molecular formula is C11H17NO2S. The van der Waals surface area contributed by atoms with E-state index < -0.39 is 0 Å². The average molecular weight is 227 g/mol. The molecule has 1 rings (SSSR count). The van der Waals surface area contributed by atoms with Crippen molar-refractivity contribution in [2.24, 2.45) is 0 Å². The van der Waals surface area contributed by atoms with Gasteiger partial charge in [0.05, 0.1) is 11.0 Å². The van der Waals surface area contributed by atoms with Gasteiger partial charge in [0, 0.05) is 6.04 Å². The first-order valence-corrected chi connectivity index (χ1v) is 5.91. The van der Waals surface area contributed by atoms with E-state index in [4.69, 9.17) is 0 Å². The molecule has 1 aromatic heterocycles. The van der Waals surface area contributed by atoms with E-state index in [1.54, 1.807) is 6.92 Å². The molecule has 0 radical (unpaired) electrons. The number of aryl methyl sites for hydroxylation is 1. The van der Waals surface area contributed by atoms with Crippen molar-refractivity contribution < 1.29 is 9.90 Å². The molecule has 15 heavy (non-hydrogen) atoms. The van der Waals surface area contributed by atoms with Crippen LogP contribution in [0.4, 0.5) is 0 Å². The Kier molecular flexibility index (Phi) is 4.29. The van der Waals surface area contributed by atoms with E-state index in [2.05, 4.69) is 5.32 Å². The Morgan fingerprint density at radius 3 is 2.73 bits per heavy atom. The van der Waals surface area contributed by atoms with Crippen molar-refractivity contribution >= 4 is 17.2 Å². The van der Waals surface area contributed by atoms with E-state index in [0.29, 0.717) is 6.42 Å². The lowest BCUT2D eigenvalue weighted by Crippen LogP contribution is -2.34. The molecule has 0 bridgehead atoms. The van der Waals surface area contributed by atoms with Gasteiger partial charge in [-0.1, -0.05) is 0 Å². The summed E-state index contributed by atoms with van der Waals surface area (Å²) in [6.07, 6.45) is 0.195. The Labute approximate surface area is 94.1 Å². The normalized spacial score (nSPS) is 14.7. The van der Waals surface area contributed by atoms with E-state index in [9.17, 15) is 9.90 Å². The number of amides is 1. The summed E-state index contributed by atoms with van der Waals surface area (Å²) >= 11 is 1.44. The number of aliphatic hydroxyl groups excluding tert-OH is 1. The summed E-state index contributed by atoms with van der Waals surface area (Å²) in [5.74, 6) is -0.0457. The third-order valence-electron chi connectivity index (χ3n) is 2.14. The fraction of sp³-hybridized carbons (Fsp3) is 0.545. The van der Waals surface area contributed by atoms with Gasteiger partial charge in [-0.05, 0) is 44.2 Å². The van der Waals surface area contributed by atoms with Crippen LogP contribution >= 0.6 is 11.3 Å². The second kappa shape index (κ2) is 5.28. The third kappa shape index (κ3) is 3.64. The van der Waals surface area contributed by atoms with Crippen molar-refractivity contribution in [1.82, 2.24) is 5.32 Å². The molecule has 1 aromatic rings. The van der Waals surface area contributed by atoms with Crippen molar-refractivity contribution in [3.8, 4) is 0 Å². The third-order valence-corrected chi connectivity index (χ3v) is 3.16. The van der Waals surface area contributed by atoms with Crippen LogP contribution in [0.25, 0.3) is 0 Å². The highest BCUT2D eigenvalue weighted by Gasteiger charge is 2.14. The number of hydrogen-bond donors (Lipinski definition) is 2. The van der Waals surface area contributed by atoms with Gasteiger partial charge < -0.3 is 10.4 Å². The quantitative estimate of drug-likeness (QED) is 0.826. The predicted octanol–water partition coefficient (Wildman–Crippen LogP) is 1.95. The number of carbonyl (C=O) groups is 1. The van der Waals surface area contributed by atoms with Crippen LogP contribution in [0.1, 0.15) is 35.5 Å². The fourth-order valence-electron chi connectivity index (χ4n) is 1.47. The highest BCUT2D eigenvalue weighted by atomic mass is 32.1. The Balaban J connectivity index is 2.53. The summed E-state index contributed by atoms with van der Waals surface area (Å²) < 4.78 is 0. The molecule has 3 nitrogen and oxygen atoms in total. The Hall–Kier alpha value is -0.870. The first-order chi connectivity index (χ1) is 7.00. The molecule has 1 heterocycles. The molecule has 0 aliphatic carbocycles. The maximum absolute atomic E-state index is 11.7. The van der Waals surface area contributed by atoms with Crippen molar-refractivity contribution in [2.75, 3.05) is 0 Å². The van der Waals surface area contributed by atoms with Crippen molar-refractivity contribution in [3.05, 3.63) is 21.9 Å². The zero-order valence-electron chi connectivity index (χ0n) is 9.28. The SMILES string of the molecule is Cc1ccsc1C(=O)NC(C)CC(C)O. The molecule has 2 unspecified atom stereocenters. The summed E-state index contributed by atoms with van der Waals surface area (Å²) in [5.41, 5.74) is 1.00. The first kappa shape index (κ1) is 12.2. The molecule has 0 fully saturated rings. The van der Waals surface area contributed by atoms with Gasteiger partial charge in [0.1, 0.15) is 0 Å². The predicted molar refractivity (Wildman–Crippen MR) is 62.3 cm³/mol. The maximum atomic E-state index is 11.7. The standard InChI is InChI=1S/C11H17NO2S/c1-7-4-5-15-10(7)11(14)12-8(2)6-9(3)13/h4-5,8-9,13H,6H2,1-3H3,(H,12,14). The second-order valence-corrected chi connectivity index (χ2v) is 4.81. The van der Waals surface area contributed by atoms with Crippen molar-refractivity contribution in [1.29, 1.82) is 0 Å². The molecule has 0 spiro atoms. The highest BCUT2D eigenvalue weighted by Crippen LogP contribution is 2.15. The molecule has 0 aliphatic heterocycles. The molecule has 0 saturated carbocycles. The minimum atomic E-state index is -0.385. The summed E-state index contributed by atoms with van der Waals surface area (Å²) in [4.78, 5) is 12.5. The van der Waals surface area contributed by atoms with Crippen molar-refractivity contribution in [2.45, 2.75) is 39.3 Å². The van der Waals surface area contributed by atoms with Crippen LogP contribution < -0.4 is 5.32 Å². The minimum absolute atomic E-state index is 0.000926. The molecule has 2 N–H and O–H groups in total. The van der Waals surface area contributed by atoms with E-state index >= 15 is 0 Å². The highest BCUT2D eigenvalue weighted by molar-refractivity contribution is 7.12. The maximum Gasteiger partial charge on any atom is 0.261 e. The van der Waals surface area contributed by atoms with Gasteiger partial charge in [0.25, 0.3) is 5.91 Å². The lowest BCUT2D eigenvalue weighted by atomic mass is 10.1. The minimum Gasteiger partial charge on any atom is -0.393 e. The summed E-state index contributed by atoms with van der Waals surface area (Å²) in [6, 6.07) is 1.93. The summed E-state index contributed by atoms with van der Waals surface area (Å²) in [6.45, 7) is 5.54. The van der Waals surface area contributed by atoms with E-state index in [1.165, 1.54) is 11.3 Å². The van der Waals surface area contributed by atoms with E-state index in [-0.39, 0.29) is 18.1 Å². The molecule has 4 heteroatoms. The van der Waals surface area contributed by atoms with E-state index in [0.717, 1.165) is 10.4 Å². The molecule has 84 valence electrons. The number of hydrogen-bond acceptors (Lipinski definition) is 3. The van der Waals surface area contributed by atoms with Crippen LogP contribution in [-0.2, 0) is 0 Å². The molecule has 1 amide bonds. The van der Waals surface area contributed by atoms with Gasteiger partial charge in [-0.15, -0.1) is 11.3 Å². The number of thiophene rings is 1. The van der Waals surface area contributed by atoms with Crippen molar-refractivity contribution in [3.63, 3.8) is 0 Å². The Morgan fingerprint density at radius 1 is 1.60 bits per heavy atom. The zero-order chi connectivity index (χ0) is 11.4. The van der Waals surface area contributed by atoms with Gasteiger partial charge in [-0.3, -0.25) is 4.79 Å². The largest absolute Gasteiger partial charge is 0.393 e. The first-order valence-electron chi connectivity index (χ1n) is 5.03. The van der Waals surface area contributed by atoms with Gasteiger partial charge >= 0.3 is 0 Å². The van der Waals surface area contributed by atoms with E-state index in [1.807, 2.05) is 25.3 Å². The summed E-state index contributed by atoms with van der Waals surface area (Å²) in [5, 5.41) is 13.9. The molecule has 2 atom stereocenters. The lowest BCUT2D eigenvalue weighted by Gasteiger charge is -2.14. The topological polar surface area (TPSA) is 49.3 Å². The number of carbonyl (C=O) groups excluding carboxylic acids is 1. The Morgan fingerprint density at radius 2 is 2.27 bits per heavy atom. The van der Waals surface area contributed by atoms with Gasteiger partial charge in [0.2, 0.25) is 0 Å².